The van der Waals surface area contributed by atoms with E-state index in [0.717, 1.165) is 17.3 Å². The second-order valence-corrected chi connectivity index (χ2v) is 8.08. The maximum atomic E-state index is 12.9. The van der Waals surface area contributed by atoms with E-state index in [2.05, 4.69) is 20.9 Å². The van der Waals surface area contributed by atoms with Gasteiger partial charge < -0.3 is 14.3 Å². The second kappa shape index (κ2) is 7.91. The summed E-state index contributed by atoms with van der Waals surface area (Å²) in [4.78, 5) is 37.6. The van der Waals surface area contributed by atoms with Gasteiger partial charge in [-0.25, -0.2) is 4.79 Å². The van der Waals surface area contributed by atoms with Crippen LogP contribution in [0.2, 0.25) is 0 Å². The average molecular weight is 440 g/mol. The Morgan fingerprint density at radius 2 is 1.97 bits per heavy atom. The lowest BCUT2D eigenvalue weighted by Crippen LogP contribution is -2.48. The number of nitrogens with zero attached hydrogens (tertiary/aromatic N) is 4. The number of urea groups is 1. The fraction of sp³-hybridized carbons (Fsp3) is 0.250. The smallest absolute Gasteiger partial charge is 0.344 e. The number of thioether (sulfide) groups is 1. The van der Waals surface area contributed by atoms with Gasteiger partial charge in [0.15, 0.2) is 11.0 Å². The van der Waals surface area contributed by atoms with E-state index in [1.165, 1.54) is 0 Å². The minimum atomic E-state index is -1.25. The Balaban J connectivity index is 1.41. The Kier molecular flexibility index (Phi) is 5.27. The predicted molar refractivity (Wildman–Crippen MR) is 111 cm³/mol. The summed E-state index contributed by atoms with van der Waals surface area (Å²) in [5.41, 5.74) is 2.56. The van der Waals surface area contributed by atoms with E-state index in [1.807, 2.05) is 13.0 Å². The number of hydrogen-bond donors (Lipinski definition) is 2. The van der Waals surface area contributed by atoms with Crippen LogP contribution in [0.3, 0.4) is 0 Å². The number of rotatable bonds is 6. The van der Waals surface area contributed by atoms with E-state index < -0.39 is 23.4 Å². The van der Waals surface area contributed by atoms with Crippen molar-refractivity contribution < 1.29 is 18.8 Å². The summed E-state index contributed by atoms with van der Waals surface area (Å²) in [5.74, 6) is 0.190. The van der Waals surface area contributed by atoms with E-state index in [0.29, 0.717) is 27.3 Å². The third-order valence-corrected chi connectivity index (χ3v) is 6.07. The molecule has 0 aliphatic carbocycles. The fourth-order valence-corrected chi connectivity index (χ4v) is 3.99. The van der Waals surface area contributed by atoms with Crippen LogP contribution in [0.25, 0.3) is 11.4 Å². The highest BCUT2D eigenvalue weighted by Crippen LogP contribution is 2.28. The number of imide groups is 1. The molecule has 1 aliphatic heterocycles. The Morgan fingerprint density at radius 1 is 1.23 bits per heavy atom. The van der Waals surface area contributed by atoms with Gasteiger partial charge in [-0.3, -0.25) is 15.0 Å². The van der Waals surface area contributed by atoms with Crippen LogP contribution in [0.1, 0.15) is 18.2 Å². The maximum absolute atomic E-state index is 12.9. The summed E-state index contributed by atoms with van der Waals surface area (Å²) in [5, 5.41) is 12.1. The molecule has 0 unspecified atom stereocenters. The molecule has 2 N–H and O–H groups in total. The molecular weight excluding hydrogens is 420 g/mol. The SMILES string of the molecule is Cc1occc1-c1nnc(SCC(=O)NN2C(=O)N[C@@](C)(c3ccccc3)C2=O)n1C. The van der Waals surface area contributed by atoms with Gasteiger partial charge in [0.1, 0.15) is 11.3 Å². The molecule has 0 spiro atoms. The van der Waals surface area contributed by atoms with Gasteiger partial charge in [-0.05, 0) is 25.5 Å². The van der Waals surface area contributed by atoms with Gasteiger partial charge in [-0.1, -0.05) is 42.1 Å². The van der Waals surface area contributed by atoms with E-state index in [9.17, 15) is 14.4 Å². The van der Waals surface area contributed by atoms with E-state index in [-0.39, 0.29) is 5.75 Å². The first-order chi connectivity index (χ1) is 14.8. The molecular formula is C20H20N6O4S. The van der Waals surface area contributed by atoms with Crippen LogP contribution >= 0.6 is 11.8 Å². The van der Waals surface area contributed by atoms with Crippen LogP contribution in [0.15, 0.2) is 52.2 Å². The zero-order chi connectivity index (χ0) is 22.2. The maximum Gasteiger partial charge on any atom is 0.344 e. The van der Waals surface area contributed by atoms with Gasteiger partial charge in [0.05, 0.1) is 17.6 Å². The molecule has 1 aromatic carbocycles. The number of carbonyl (C=O) groups is 3. The Bertz CT molecular complexity index is 1160. The molecule has 0 saturated carbocycles. The quantitative estimate of drug-likeness (QED) is 0.444. The molecule has 11 heteroatoms. The molecule has 0 radical (unpaired) electrons. The first-order valence-electron chi connectivity index (χ1n) is 9.39. The normalized spacial score (nSPS) is 18.4. The topological polar surface area (TPSA) is 122 Å². The summed E-state index contributed by atoms with van der Waals surface area (Å²) < 4.78 is 7.04. The minimum absolute atomic E-state index is 0.0601. The van der Waals surface area contributed by atoms with E-state index in [4.69, 9.17) is 4.42 Å². The summed E-state index contributed by atoms with van der Waals surface area (Å²) >= 11 is 1.14. The molecule has 1 atom stereocenters. The number of nitrogens with one attached hydrogen (secondary N) is 2. The van der Waals surface area contributed by atoms with Crippen molar-refractivity contribution in [1.29, 1.82) is 0 Å². The van der Waals surface area contributed by atoms with Crippen LogP contribution in [0, 0.1) is 6.92 Å². The Labute approximate surface area is 182 Å². The van der Waals surface area contributed by atoms with Gasteiger partial charge in [0.25, 0.3) is 5.91 Å². The zero-order valence-corrected chi connectivity index (χ0v) is 17.9. The lowest BCUT2D eigenvalue weighted by Gasteiger charge is -2.22. The summed E-state index contributed by atoms with van der Waals surface area (Å²) in [7, 11) is 1.78. The van der Waals surface area contributed by atoms with Crippen molar-refractivity contribution in [1.82, 2.24) is 30.5 Å². The summed E-state index contributed by atoms with van der Waals surface area (Å²) in [6.45, 7) is 3.42. The van der Waals surface area contributed by atoms with Crippen molar-refractivity contribution >= 4 is 29.6 Å². The van der Waals surface area contributed by atoms with Gasteiger partial charge in [0, 0.05) is 7.05 Å². The lowest BCUT2D eigenvalue weighted by molar-refractivity contribution is -0.138. The van der Waals surface area contributed by atoms with E-state index >= 15 is 0 Å². The van der Waals surface area contributed by atoms with E-state index in [1.54, 1.807) is 55.1 Å². The molecule has 1 fully saturated rings. The van der Waals surface area contributed by atoms with Gasteiger partial charge >= 0.3 is 6.03 Å². The molecule has 1 aliphatic rings. The highest BCUT2D eigenvalue weighted by atomic mass is 32.2. The largest absolute Gasteiger partial charge is 0.469 e. The molecule has 31 heavy (non-hydrogen) atoms. The van der Waals surface area contributed by atoms with Crippen LogP contribution in [-0.4, -0.2) is 43.4 Å². The first-order valence-corrected chi connectivity index (χ1v) is 10.4. The van der Waals surface area contributed by atoms with Gasteiger partial charge in [0.2, 0.25) is 5.91 Å². The Morgan fingerprint density at radius 3 is 2.65 bits per heavy atom. The number of aromatic nitrogens is 3. The zero-order valence-electron chi connectivity index (χ0n) is 17.1. The Hall–Kier alpha value is -3.60. The summed E-state index contributed by atoms with van der Waals surface area (Å²) in [6.07, 6.45) is 1.57. The molecule has 4 rings (SSSR count). The number of hydrazine groups is 1. The molecule has 2 aromatic heterocycles. The number of furan rings is 1. The van der Waals surface area contributed by atoms with Crippen LogP contribution in [0.4, 0.5) is 4.79 Å². The number of carbonyl (C=O) groups excluding carboxylic acids is 3. The third kappa shape index (κ3) is 3.67. The number of aryl methyl sites for hydroxylation is 1. The predicted octanol–water partition coefficient (Wildman–Crippen LogP) is 1.97. The van der Waals surface area contributed by atoms with Crippen molar-refractivity contribution in [2.45, 2.75) is 24.5 Å². The highest BCUT2D eigenvalue weighted by Gasteiger charge is 2.49. The third-order valence-electron chi connectivity index (χ3n) is 5.05. The number of benzene rings is 1. The van der Waals surface area contributed by atoms with Crippen molar-refractivity contribution in [2.24, 2.45) is 7.05 Å². The molecule has 1 saturated heterocycles. The lowest BCUT2D eigenvalue weighted by atomic mass is 9.92. The average Bonchev–Trinajstić information content (AvgIpc) is 3.40. The molecule has 160 valence electrons. The molecule has 3 aromatic rings. The van der Waals surface area contributed by atoms with Crippen molar-refractivity contribution in [3.8, 4) is 11.4 Å². The number of hydrogen-bond acceptors (Lipinski definition) is 7. The van der Waals surface area contributed by atoms with Crippen molar-refractivity contribution in [3.05, 3.63) is 54.0 Å². The van der Waals surface area contributed by atoms with Crippen molar-refractivity contribution in [3.63, 3.8) is 0 Å². The molecule has 10 nitrogen and oxygen atoms in total. The molecule has 3 heterocycles. The fourth-order valence-electron chi connectivity index (χ4n) is 3.29. The molecule has 0 bridgehead atoms. The molecule has 4 amide bonds. The van der Waals surface area contributed by atoms with Crippen LogP contribution in [-0.2, 0) is 22.2 Å². The van der Waals surface area contributed by atoms with Gasteiger partial charge in [-0.15, -0.1) is 10.2 Å². The standard InChI is InChI=1S/C20H20N6O4S/c1-12-14(9-10-30-12)16-22-23-19(25(16)3)31-11-15(27)24-26-17(28)20(2,21-18(26)29)13-7-5-4-6-8-13/h4-10H,11H2,1-3H3,(H,21,29)(H,24,27)/t20-/m0/s1. The monoisotopic (exact) mass is 440 g/mol. The minimum Gasteiger partial charge on any atom is -0.469 e. The van der Waals surface area contributed by atoms with Crippen LogP contribution in [0.5, 0.6) is 0 Å². The first kappa shape index (κ1) is 20.7. The second-order valence-electron chi connectivity index (χ2n) is 7.14. The van der Waals surface area contributed by atoms with Gasteiger partial charge in [-0.2, -0.15) is 5.01 Å². The van der Waals surface area contributed by atoms with Crippen LogP contribution < -0.4 is 10.7 Å². The summed E-state index contributed by atoms with van der Waals surface area (Å²) in [6, 6.07) is 9.96. The highest BCUT2D eigenvalue weighted by molar-refractivity contribution is 7.99. The number of amides is 4. The van der Waals surface area contributed by atoms with Crippen molar-refractivity contribution in [2.75, 3.05) is 5.75 Å².